The zero-order valence-corrected chi connectivity index (χ0v) is 5.70. The monoisotopic (exact) mass is 149 g/mol. The summed E-state index contributed by atoms with van der Waals surface area (Å²) in [5.41, 5.74) is 11.4. The summed E-state index contributed by atoms with van der Waals surface area (Å²) in [7, 11) is 0. The van der Waals surface area contributed by atoms with Crippen LogP contribution in [0.15, 0.2) is 12.1 Å². The Morgan fingerprint density at radius 1 is 1.36 bits per heavy atom. The van der Waals surface area contributed by atoms with Gasteiger partial charge >= 0.3 is 0 Å². The SMILES string of the molecule is N#Cc1cc(O)cc(N)c1N. The second kappa shape index (κ2) is 2.39. The van der Waals surface area contributed by atoms with Crippen molar-refractivity contribution in [2.75, 3.05) is 11.5 Å². The van der Waals surface area contributed by atoms with Crippen LogP contribution in [0.4, 0.5) is 11.4 Å². The van der Waals surface area contributed by atoms with E-state index in [-0.39, 0.29) is 22.7 Å². The molecule has 0 saturated carbocycles. The minimum absolute atomic E-state index is 0.0479. The Morgan fingerprint density at radius 2 is 2.00 bits per heavy atom. The summed E-state index contributed by atoms with van der Waals surface area (Å²) >= 11 is 0. The van der Waals surface area contributed by atoms with E-state index in [1.54, 1.807) is 0 Å². The van der Waals surface area contributed by atoms with Crippen molar-refractivity contribution in [3.63, 3.8) is 0 Å². The van der Waals surface area contributed by atoms with Crippen molar-refractivity contribution in [3.05, 3.63) is 17.7 Å². The lowest BCUT2D eigenvalue weighted by Gasteiger charge is -2.01. The summed E-state index contributed by atoms with van der Waals surface area (Å²) in [4.78, 5) is 0. The molecule has 0 spiro atoms. The van der Waals surface area contributed by atoms with Crippen molar-refractivity contribution in [2.24, 2.45) is 0 Å². The predicted octanol–water partition coefficient (Wildman–Crippen LogP) is 0.428. The molecule has 0 bridgehead atoms. The summed E-state index contributed by atoms with van der Waals surface area (Å²) < 4.78 is 0. The molecule has 56 valence electrons. The molecule has 1 aromatic carbocycles. The highest BCUT2D eigenvalue weighted by atomic mass is 16.3. The predicted molar refractivity (Wildman–Crippen MR) is 41.6 cm³/mol. The van der Waals surface area contributed by atoms with Crippen molar-refractivity contribution in [2.45, 2.75) is 0 Å². The highest BCUT2D eigenvalue weighted by Gasteiger charge is 2.03. The number of rotatable bonds is 0. The van der Waals surface area contributed by atoms with Gasteiger partial charge in [-0.1, -0.05) is 0 Å². The van der Waals surface area contributed by atoms with Crippen molar-refractivity contribution in [1.29, 1.82) is 5.26 Å². The second-order valence-electron chi connectivity index (χ2n) is 2.11. The molecular formula is C7H7N3O. The molecule has 0 unspecified atom stereocenters. The third kappa shape index (κ3) is 1.17. The first-order chi connectivity index (χ1) is 5.15. The molecule has 0 amide bonds. The Labute approximate surface area is 63.7 Å². The van der Waals surface area contributed by atoms with Crippen molar-refractivity contribution in [1.82, 2.24) is 0 Å². The number of nitriles is 1. The highest BCUT2D eigenvalue weighted by Crippen LogP contribution is 2.24. The number of nitrogens with zero attached hydrogens (tertiary/aromatic N) is 1. The standard InChI is InChI=1S/C7H7N3O/c8-3-4-1-5(11)2-6(9)7(4)10/h1-2,11H,9-10H2. The van der Waals surface area contributed by atoms with Gasteiger partial charge in [0.25, 0.3) is 0 Å². The van der Waals surface area contributed by atoms with Gasteiger partial charge in [0.05, 0.1) is 16.9 Å². The van der Waals surface area contributed by atoms with Gasteiger partial charge in [-0.3, -0.25) is 0 Å². The van der Waals surface area contributed by atoms with Crippen LogP contribution in [0.5, 0.6) is 5.75 Å². The molecule has 11 heavy (non-hydrogen) atoms. The average Bonchev–Trinajstić information content (AvgIpc) is 1.96. The minimum atomic E-state index is -0.0479. The maximum atomic E-state index is 8.96. The van der Waals surface area contributed by atoms with E-state index in [9.17, 15) is 0 Å². The van der Waals surface area contributed by atoms with Crippen LogP contribution in [0, 0.1) is 11.3 Å². The van der Waals surface area contributed by atoms with Crippen LogP contribution >= 0.6 is 0 Å². The summed E-state index contributed by atoms with van der Waals surface area (Å²) in [6.45, 7) is 0. The summed E-state index contributed by atoms with van der Waals surface area (Å²) in [6.07, 6.45) is 0. The van der Waals surface area contributed by atoms with Crippen LogP contribution in [0.2, 0.25) is 0 Å². The number of nitrogens with two attached hydrogens (primary N) is 2. The third-order valence-electron chi connectivity index (χ3n) is 1.32. The number of phenolic OH excluding ortho intramolecular Hbond substituents is 1. The average molecular weight is 149 g/mol. The second-order valence-corrected chi connectivity index (χ2v) is 2.11. The lowest BCUT2D eigenvalue weighted by Crippen LogP contribution is -1.96. The maximum Gasteiger partial charge on any atom is 0.119 e. The Kier molecular flexibility index (Phi) is 1.57. The van der Waals surface area contributed by atoms with E-state index in [2.05, 4.69) is 0 Å². The number of hydrogen-bond acceptors (Lipinski definition) is 4. The van der Waals surface area contributed by atoms with Crippen LogP contribution < -0.4 is 11.5 Å². The van der Waals surface area contributed by atoms with Crippen LogP contribution in [0.3, 0.4) is 0 Å². The van der Waals surface area contributed by atoms with Crippen LogP contribution in [0.25, 0.3) is 0 Å². The zero-order valence-electron chi connectivity index (χ0n) is 5.70. The van der Waals surface area contributed by atoms with Crippen molar-refractivity contribution in [3.8, 4) is 11.8 Å². The fourth-order valence-corrected chi connectivity index (χ4v) is 0.752. The molecule has 1 aromatic rings. The number of hydrogen-bond donors (Lipinski definition) is 3. The van der Waals surface area contributed by atoms with Gasteiger partial charge in [0.15, 0.2) is 0 Å². The quantitative estimate of drug-likeness (QED) is 0.368. The Bertz CT molecular complexity index is 327. The molecular weight excluding hydrogens is 142 g/mol. The zero-order chi connectivity index (χ0) is 8.43. The molecule has 4 nitrogen and oxygen atoms in total. The Hall–Kier alpha value is -1.89. The number of nitrogen functional groups attached to an aromatic ring is 2. The lowest BCUT2D eigenvalue weighted by atomic mass is 10.1. The van der Waals surface area contributed by atoms with Gasteiger partial charge in [-0.15, -0.1) is 0 Å². The van der Waals surface area contributed by atoms with Crippen LogP contribution in [-0.4, -0.2) is 5.11 Å². The first kappa shape index (κ1) is 7.22. The molecule has 4 heteroatoms. The van der Waals surface area contributed by atoms with Gasteiger partial charge in [-0.25, -0.2) is 0 Å². The molecule has 0 aliphatic carbocycles. The minimum Gasteiger partial charge on any atom is -0.508 e. The summed E-state index contributed by atoms with van der Waals surface area (Å²) in [5, 5.41) is 17.4. The van der Waals surface area contributed by atoms with E-state index in [0.717, 1.165) is 0 Å². The van der Waals surface area contributed by atoms with Gasteiger partial charge in [-0.2, -0.15) is 5.26 Å². The highest BCUT2D eigenvalue weighted by molar-refractivity contribution is 5.72. The number of benzene rings is 1. The molecule has 0 aromatic heterocycles. The van der Waals surface area contributed by atoms with E-state index in [0.29, 0.717) is 0 Å². The molecule has 0 aliphatic heterocycles. The van der Waals surface area contributed by atoms with E-state index in [1.165, 1.54) is 12.1 Å². The summed E-state index contributed by atoms with van der Waals surface area (Å²) in [6, 6.07) is 4.38. The molecule has 0 saturated heterocycles. The van der Waals surface area contributed by atoms with Crippen molar-refractivity contribution < 1.29 is 5.11 Å². The van der Waals surface area contributed by atoms with Gasteiger partial charge < -0.3 is 16.6 Å². The Balaban J connectivity index is 3.39. The van der Waals surface area contributed by atoms with Crippen molar-refractivity contribution >= 4 is 11.4 Å². The first-order valence-electron chi connectivity index (χ1n) is 2.93. The molecule has 5 N–H and O–H groups in total. The molecule has 0 radical (unpaired) electrons. The van der Waals surface area contributed by atoms with E-state index >= 15 is 0 Å². The Morgan fingerprint density at radius 3 is 2.55 bits per heavy atom. The lowest BCUT2D eigenvalue weighted by molar-refractivity contribution is 0.475. The normalized spacial score (nSPS) is 9.00. The van der Waals surface area contributed by atoms with Crippen LogP contribution in [-0.2, 0) is 0 Å². The number of anilines is 2. The first-order valence-corrected chi connectivity index (χ1v) is 2.93. The fraction of sp³-hybridized carbons (Fsp3) is 0. The van der Waals surface area contributed by atoms with Crippen LogP contribution in [0.1, 0.15) is 5.56 Å². The van der Waals surface area contributed by atoms with E-state index in [4.69, 9.17) is 21.8 Å². The van der Waals surface area contributed by atoms with Gasteiger partial charge in [-0.05, 0) is 6.07 Å². The molecule has 1 rings (SSSR count). The fourth-order valence-electron chi connectivity index (χ4n) is 0.752. The van der Waals surface area contributed by atoms with Gasteiger partial charge in [0.1, 0.15) is 11.8 Å². The summed E-state index contributed by atoms with van der Waals surface area (Å²) in [5.74, 6) is -0.0479. The number of aromatic hydroxyl groups is 1. The van der Waals surface area contributed by atoms with Gasteiger partial charge in [0, 0.05) is 6.07 Å². The smallest absolute Gasteiger partial charge is 0.119 e. The maximum absolute atomic E-state index is 8.96. The molecule has 0 fully saturated rings. The largest absolute Gasteiger partial charge is 0.508 e. The molecule has 0 heterocycles. The van der Waals surface area contributed by atoms with E-state index in [1.807, 2.05) is 6.07 Å². The van der Waals surface area contributed by atoms with Gasteiger partial charge in [0.2, 0.25) is 0 Å². The molecule has 0 atom stereocenters. The third-order valence-corrected chi connectivity index (χ3v) is 1.32. The molecule has 0 aliphatic rings. The topological polar surface area (TPSA) is 96.1 Å². The van der Waals surface area contributed by atoms with E-state index < -0.39 is 0 Å². The number of phenols is 1.